The molecular weight excluding hydrogens is 400 g/mol. The minimum atomic E-state index is -3.60. The average Bonchev–Trinajstić information content (AvgIpc) is 3.12. The van der Waals surface area contributed by atoms with Crippen LogP contribution >= 0.6 is 0 Å². The van der Waals surface area contributed by atoms with E-state index in [0.717, 1.165) is 31.6 Å². The van der Waals surface area contributed by atoms with E-state index >= 15 is 0 Å². The quantitative estimate of drug-likeness (QED) is 0.519. The Balaban J connectivity index is 1.63. The monoisotopic (exact) mass is 422 g/mol. The molecule has 0 spiro atoms. The molecule has 0 radical (unpaired) electrons. The van der Waals surface area contributed by atoms with Gasteiger partial charge in [-0.05, 0) is 41.5 Å². The van der Waals surface area contributed by atoms with Gasteiger partial charge in [0.25, 0.3) is 0 Å². The average molecular weight is 423 g/mol. The molecule has 0 aliphatic heterocycles. The number of nitrogens with one attached hydrogen (secondary N) is 1. The van der Waals surface area contributed by atoms with Crippen molar-refractivity contribution in [3.8, 4) is 0 Å². The zero-order valence-electron chi connectivity index (χ0n) is 17.0. The second-order valence-corrected chi connectivity index (χ2v) is 9.53. The van der Waals surface area contributed by atoms with Gasteiger partial charge in [0.1, 0.15) is 5.58 Å². The number of nitrogens with zero attached hydrogens (tertiary/aromatic N) is 1. The van der Waals surface area contributed by atoms with Crippen LogP contribution in [-0.4, -0.2) is 32.7 Å². The fourth-order valence-corrected chi connectivity index (χ4v) is 4.68. The zero-order chi connectivity index (χ0) is 21.5. The maximum Gasteiger partial charge on any atom is 0.242 e. The van der Waals surface area contributed by atoms with E-state index in [0.29, 0.717) is 11.3 Å². The standard InChI is InChI=1S/C23H22N2O4S/c1-15-8-10-18(13-21(15)30(27,28)25(2)3)24-22(26)12-17-14-29-20-11-9-16-6-4-5-7-19(16)23(17)20/h4-11,13-14H,12H2,1-3H3,(H,24,26). The summed E-state index contributed by atoms with van der Waals surface area (Å²) in [5.41, 5.74) is 2.57. The molecule has 4 aromatic rings. The molecule has 0 unspecified atom stereocenters. The molecule has 0 fully saturated rings. The van der Waals surface area contributed by atoms with Crippen molar-refractivity contribution in [1.82, 2.24) is 4.31 Å². The molecule has 1 aromatic heterocycles. The number of sulfonamides is 1. The van der Waals surface area contributed by atoms with Gasteiger partial charge in [0.2, 0.25) is 15.9 Å². The smallest absolute Gasteiger partial charge is 0.242 e. The normalized spacial score (nSPS) is 12.0. The minimum Gasteiger partial charge on any atom is -0.464 e. The van der Waals surface area contributed by atoms with Gasteiger partial charge in [0.15, 0.2) is 0 Å². The third-order valence-electron chi connectivity index (χ3n) is 5.12. The fourth-order valence-electron chi connectivity index (χ4n) is 3.54. The van der Waals surface area contributed by atoms with Crippen LogP contribution in [0, 0.1) is 6.92 Å². The van der Waals surface area contributed by atoms with E-state index in [4.69, 9.17) is 4.42 Å². The second-order valence-electron chi connectivity index (χ2n) is 7.41. The number of furan rings is 1. The molecule has 0 saturated heterocycles. The first-order valence-corrected chi connectivity index (χ1v) is 10.9. The molecule has 1 heterocycles. The summed E-state index contributed by atoms with van der Waals surface area (Å²) in [6, 6.07) is 16.7. The molecule has 1 N–H and O–H groups in total. The topological polar surface area (TPSA) is 79.6 Å². The number of benzene rings is 3. The first kappa shape index (κ1) is 20.1. The Hall–Kier alpha value is -3.16. The Morgan fingerprint density at radius 2 is 1.83 bits per heavy atom. The molecule has 0 atom stereocenters. The van der Waals surface area contributed by atoms with Gasteiger partial charge >= 0.3 is 0 Å². The van der Waals surface area contributed by atoms with Crippen molar-refractivity contribution in [2.45, 2.75) is 18.2 Å². The van der Waals surface area contributed by atoms with Crippen LogP contribution in [0.5, 0.6) is 0 Å². The Morgan fingerprint density at radius 1 is 1.07 bits per heavy atom. The number of rotatable bonds is 5. The third kappa shape index (κ3) is 3.58. The summed E-state index contributed by atoms with van der Waals surface area (Å²) < 4.78 is 31.8. The number of carbonyl (C=O) groups excluding carboxylic acids is 1. The Labute approximate surface area is 175 Å². The molecule has 6 nitrogen and oxygen atoms in total. The largest absolute Gasteiger partial charge is 0.464 e. The second kappa shape index (κ2) is 7.59. The van der Waals surface area contributed by atoms with Gasteiger partial charge in [-0.3, -0.25) is 4.79 Å². The SMILES string of the molecule is Cc1ccc(NC(=O)Cc2coc3ccc4ccccc4c23)cc1S(=O)(=O)N(C)C. The predicted octanol–water partition coefficient (Wildman–Crippen LogP) is 4.33. The van der Waals surface area contributed by atoms with E-state index in [1.807, 2.05) is 36.4 Å². The highest BCUT2D eigenvalue weighted by atomic mass is 32.2. The van der Waals surface area contributed by atoms with Crippen LogP contribution in [0.2, 0.25) is 0 Å². The molecule has 0 aliphatic rings. The van der Waals surface area contributed by atoms with Crippen molar-refractivity contribution in [1.29, 1.82) is 0 Å². The Kier molecular flexibility index (Phi) is 5.09. The summed E-state index contributed by atoms with van der Waals surface area (Å²) in [5.74, 6) is -0.248. The van der Waals surface area contributed by atoms with Crippen LogP contribution in [0.1, 0.15) is 11.1 Å². The van der Waals surface area contributed by atoms with Gasteiger partial charge in [-0.1, -0.05) is 36.4 Å². The molecule has 4 rings (SSSR count). The highest BCUT2D eigenvalue weighted by Crippen LogP contribution is 2.30. The number of hydrogen-bond acceptors (Lipinski definition) is 4. The van der Waals surface area contributed by atoms with E-state index in [1.165, 1.54) is 20.2 Å². The van der Waals surface area contributed by atoms with E-state index in [2.05, 4.69) is 5.32 Å². The lowest BCUT2D eigenvalue weighted by atomic mass is 10.0. The summed E-state index contributed by atoms with van der Waals surface area (Å²) >= 11 is 0. The number of carbonyl (C=O) groups is 1. The van der Waals surface area contributed by atoms with Gasteiger partial charge < -0.3 is 9.73 Å². The van der Waals surface area contributed by atoms with Crippen molar-refractivity contribution in [3.63, 3.8) is 0 Å². The van der Waals surface area contributed by atoms with Crippen molar-refractivity contribution < 1.29 is 17.6 Å². The van der Waals surface area contributed by atoms with Gasteiger partial charge in [-0.25, -0.2) is 12.7 Å². The number of aryl methyl sites for hydroxylation is 1. The molecular formula is C23H22N2O4S. The predicted molar refractivity (Wildman–Crippen MR) is 118 cm³/mol. The van der Waals surface area contributed by atoms with Gasteiger partial charge in [0, 0.05) is 30.7 Å². The zero-order valence-corrected chi connectivity index (χ0v) is 17.8. The number of fused-ring (bicyclic) bond motifs is 3. The summed E-state index contributed by atoms with van der Waals surface area (Å²) in [4.78, 5) is 12.9. The van der Waals surface area contributed by atoms with Crippen LogP contribution in [0.4, 0.5) is 5.69 Å². The fraction of sp³-hybridized carbons (Fsp3) is 0.174. The van der Waals surface area contributed by atoms with Crippen LogP contribution in [-0.2, 0) is 21.2 Å². The molecule has 7 heteroatoms. The van der Waals surface area contributed by atoms with E-state index in [9.17, 15) is 13.2 Å². The highest BCUT2D eigenvalue weighted by Gasteiger charge is 2.21. The lowest BCUT2D eigenvalue weighted by Crippen LogP contribution is -2.23. The lowest BCUT2D eigenvalue weighted by molar-refractivity contribution is -0.115. The summed E-state index contributed by atoms with van der Waals surface area (Å²) in [6.45, 7) is 1.73. The first-order valence-electron chi connectivity index (χ1n) is 9.48. The van der Waals surface area contributed by atoms with E-state index in [-0.39, 0.29) is 17.2 Å². The molecule has 0 aliphatic carbocycles. The molecule has 30 heavy (non-hydrogen) atoms. The van der Waals surface area contributed by atoms with Crippen LogP contribution in [0.15, 0.2) is 70.2 Å². The molecule has 154 valence electrons. The summed E-state index contributed by atoms with van der Waals surface area (Å²) in [6.07, 6.45) is 1.72. The summed E-state index contributed by atoms with van der Waals surface area (Å²) in [5, 5.41) is 5.83. The highest BCUT2D eigenvalue weighted by molar-refractivity contribution is 7.89. The Morgan fingerprint density at radius 3 is 2.60 bits per heavy atom. The number of anilines is 1. The number of amides is 1. The minimum absolute atomic E-state index is 0.116. The van der Waals surface area contributed by atoms with Gasteiger partial charge in [0.05, 0.1) is 17.6 Å². The maximum absolute atomic E-state index is 12.7. The van der Waals surface area contributed by atoms with Gasteiger partial charge in [-0.2, -0.15) is 0 Å². The van der Waals surface area contributed by atoms with E-state index in [1.54, 1.807) is 25.3 Å². The maximum atomic E-state index is 12.7. The van der Waals surface area contributed by atoms with E-state index < -0.39 is 10.0 Å². The molecule has 0 bridgehead atoms. The Bertz CT molecular complexity index is 1370. The van der Waals surface area contributed by atoms with Crippen molar-refractivity contribution >= 4 is 43.4 Å². The molecule has 3 aromatic carbocycles. The van der Waals surface area contributed by atoms with Crippen molar-refractivity contribution in [2.75, 3.05) is 19.4 Å². The molecule has 0 saturated carbocycles. The lowest BCUT2D eigenvalue weighted by Gasteiger charge is -2.15. The van der Waals surface area contributed by atoms with Crippen LogP contribution in [0.25, 0.3) is 21.7 Å². The first-order chi connectivity index (χ1) is 14.3. The molecule has 1 amide bonds. The van der Waals surface area contributed by atoms with Crippen molar-refractivity contribution in [3.05, 3.63) is 72.0 Å². The van der Waals surface area contributed by atoms with Crippen molar-refractivity contribution in [2.24, 2.45) is 0 Å². The number of hydrogen-bond donors (Lipinski definition) is 1. The summed E-state index contributed by atoms with van der Waals surface area (Å²) in [7, 11) is -0.641. The van der Waals surface area contributed by atoms with Crippen LogP contribution in [0.3, 0.4) is 0 Å². The third-order valence-corrected chi connectivity index (χ3v) is 7.08. The van der Waals surface area contributed by atoms with Crippen LogP contribution < -0.4 is 5.32 Å². The van der Waals surface area contributed by atoms with Gasteiger partial charge in [-0.15, -0.1) is 0 Å².